The van der Waals surface area contributed by atoms with E-state index in [1.54, 1.807) is 66.5 Å². The number of carbonyl (C=O) groups is 1. The number of nitrogens with zero attached hydrogens (tertiary/aromatic N) is 4. The number of carbonyl (C=O) groups excluding carboxylic acids is 1. The van der Waals surface area contributed by atoms with Crippen molar-refractivity contribution in [3.63, 3.8) is 0 Å². The number of nitrogens with one attached hydrogen (secondary N) is 1. The van der Waals surface area contributed by atoms with Crippen LogP contribution in [0.15, 0.2) is 55.0 Å². The maximum atomic E-state index is 12.5. The van der Waals surface area contributed by atoms with E-state index in [-0.39, 0.29) is 5.91 Å². The summed E-state index contributed by atoms with van der Waals surface area (Å²) in [5, 5.41) is 11.7. The molecule has 0 aliphatic rings. The Morgan fingerprint density at radius 1 is 1.23 bits per heavy atom. The van der Waals surface area contributed by atoms with Gasteiger partial charge in [0.25, 0.3) is 5.91 Å². The van der Waals surface area contributed by atoms with Crippen molar-refractivity contribution in [1.82, 2.24) is 14.5 Å². The number of hydrogen-bond acceptors (Lipinski definition) is 5. The first-order valence-electron chi connectivity index (χ1n) is 8.01. The SMILES string of the molecule is Cc1nccn1-c1ncccc1NC(=O)[C@H](C)Oc1ccc(C#N)cc1. The Kier molecular flexibility index (Phi) is 4.94. The summed E-state index contributed by atoms with van der Waals surface area (Å²) in [4.78, 5) is 21.0. The molecule has 2 heterocycles. The molecule has 7 heteroatoms. The normalized spacial score (nSPS) is 11.4. The van der Waals surface area contributed by atoms with Gasteiger partial charge in [0.1, 0.15) is 11.6 Å². The molecule has 0 saturated carbocycles. The van der Waals surface area contributed by atoms with Gasteiger partial charge in [0.15, 0.2) is 11.9 Å². The monoisotopic (exact) mass is 347 g/mol. The molecule has 1 N–H and O–H groups in total. The van der Waals surface area contributed by atoms with Crippen molar-refractivity contribution in [2.75, 3.05) is 5.32 Å². The van der Waals surface area contributed by atoms with Crippen LogP contribution in [0.1, 0.15) is 18.3 Å². The average molecular weight is 347 g/mol. The summed E-state index contributed by atoms with van der Waals surface area (Å²) in [5.41, 5.74) is 1.10. The summed E-state index contributed by atoms with van der Waals surface area (Å²) >= 11 is 0. The zero-order valence-electron chi connectivity index (χ0n) is 14.4. The molecule has 0 unspecified atom stereocenters. The number of aryl methyl sites for hydroxylation is 1. The highest BCUT2D eigenvalue weighted by Crippen LogP contribution is 2.19. The summed E-state index contributed by atoms with van der Waals surface area (Å²) in [6, 6.07) is 12.2. The largest absolute Gasteiger partial charge is 0.481 e. The maximum absolute atomic E-state index is 12.5. The molecule has 130 valence electrons. The third kappa shape index (κ3) is 3.70. The van der Waals surface area contributed by atoms with Gasteiger partial charge in [-0.1, -0.05) is 0 Å². The maximum Gasteiger partial charge on any atom is 0.265 e. The van der Waals surface area contributed by atoms with E-state index < -0.39 is 6.10 Å². The van der Waals surface area contributed by atoms with Gasteiger partial charge in [-0.25, -0.2) is 9.97 Å². The highest BCUT2D eigenvalue weighted by atomic mass is 16.5. The van der Waals surface area contributed by atoms with E-state index in [9.17, 15) is 4.79 Å². The lowest BCUT2D eigenvalue weighted by Crippen LogP contribution is -2.30. The number of benzene rings is 1. The second-order valence-corrected chi connectivity index (χ2v) is 5.60. The highest BCUT2D eigenvalue weighted by molar-refractivity contribution is 5.95. The minimum atomic E-state index is -0.722. The Balaban J connectivity index is 1.73. The fraction of sp³-hybridized carbons (Fsp3) is 0.158. The molecule has 1 aromatic carbocycles. The number of anilines is 1. The van der Waals surface area contributed by atoms with Crippen LogP contribution in [0.3, 0.4) is 0 Å². The zero-order valence-corrected chi connectivity index (χ0v) is 14.4. The van der Waals surface area contributed by atoms with Crippen LogP contribution in [-0.2, 0) is 4.79 Å². The van der Waals surface area contributed by atoms with Crippen LogP contribution in [-0.4, -0.2) is 26.5 Å². The summed E-state index contributed by atoms with van der Waals surface area (Å²) in [7, 11) is 0. The molecule has 0 spiro atoms. The molecule has 0 radical (unpaired) electrons. The molecule has 26 heavy (non-hydrogen) atoms. The molecular weight excluding hydrogens is 330 g/mol. The molecule has 3 aromatic rings. The fourth-order valence-corrected chi connectivity index (χ4v) is 2.39. The molecule has 0 aliphatic carbocycles. The minimum absolute atomic E-state index is 0.304. The van der Waals surface area contributed by atoms with Gasteiger partial charge in [-0.3, -0.25) is 9.36 Å². The quantitative estimate of drug-likeness (QED) is 0.766. The lowest BCUT2D eigenvalue weighted by molar-refractivity contribution is -0.122. The highest BCUT2D eigenvalue weighted by Gasteiger charge is 2.17. The van der Waals surface area contributed by atoms with Gasteiger partial charge in [0.2, 0.25) is 0 Å². The van der Waals surface area contributed by atoms with Crippen LogP contribution in [0.25, 0.3) is 5.82 Å². The van der Waals surface area contributed by atoms with E-state index in [1.165, 1.54) is 0 Å². The molecule has 2 aromatic heterocycles. The van der Waals surface area contributed by atoms with Gasteiger partial charge >= 0.3 is 0 Å². The number of aromatic nitrogens is 3. The lowest BCUT2D eigenvalue weighted by Gasteiger charge is -2.16. The molecular formula is C19H17N5O2. The third-order valence-electron chi connectivity index (χ3n) is 3.76. The third-order valence-corrected chi connectivity index (χ3v) is 3.76. The summed E-state index contributed by atoms with van der Waals surface area (Å²) in [6.45, 7) is 3.52. The first-order chi connectivity index (χ1) is 12.6. The first kappa shape index (κ1) is 17.2. The topological polar surface area (TPSA) is 92.8 Å². The summed E-state index contributed by atoms with van der Waals surface area (Å²) in [5.74, 6) is 1.56. The number of nitriles is 1. The van der Waals surface area contributed by atoms with E-state index in [2.05, 4.69) is 15.3 Å². The molecule has 1 amide bonds. The number of rotatable bonds is 5. The van der Waals surface area contributed by atoms with Crippen LogP contribution < -0.4 is 10.1 Å². The van der Waals surface area contributed by atoms with E-state index >= 15 is 0 Å². The van der Waals surface area contributed by atoms with Crippen molar-refractivity contribution < 1.29 is 9.53 Å². The molecule has 3 rings (SSSR count). The lowest BCUT2D eigenvalue weighted by atomic mass is 10.2. The standard InChI is InChI=1S/C19H17N5O2/c1-13(26-16-7-5-15(12-20)6-8-16)19(25)23-17-4-3-9-22-18(17)24-11-10-21-14(24)2/h3-11,13H,1-2H3,(H,23,25)/t13-/m0/s1. The van der Waals surface area contributed by atoms with Gasteiger partial charge in [0.05, 0.1) is 17.3 Å². The molecule has 0 fully saturated rings. The Bertz CT molecular complexity index is 957. The summed E-state index contributed by atoms with van der Waals surface area (Å²) < 4.78 is 7.43. The van der Waals surface area contributed by atoms with E-state index in [4.69, 9.17) is 10.00 Å². The zero-order chi connectivity index (χ0) is 18.5. The van der Waals surface area contributed by atoms with Crippen molar-refractivity contribution >= 4 is 11.6 Å². The Morgan fingerprint density at radius 2 is 2.00 bits per heavy atom. The van der Waals surface area contributed by atoms with Crippen LogP contribution >= 0.6 is 0 Å². The molecule has 7 nitrogen and oxygen atoms in total. The molecule has 0 bridgehead atoms. The van der Waals surface area contributed by atoms with Gasteiger partial charge in [0, 0.05) is 18.6 Å². The van der Waals surface area contributed by atoms with Crippen molar-refractivity contribution in [3.8, 4) is 17.6 Å². The molecule has 0 saturated heterocycles. The number of pyridine rings is 1. The van der Waals surface area contributed by atoms with Crippen molar-refractivity contribution in [2.45, 2.75) is 20.0 Å². The van der Waals surface area contributed by atoms with E-state index in [0.29, 0.717) is 22.8 Å². The van der Waals surface area contributed by atoms with Crippen molar-refractivity contribution in [3.05, 3.63) is 66.4 Å². The number of imidazole rings is 1. The Labute approximate surface area is 150 Å². The second kappa shape index (κ2) is 7.49. The van der Waals surface area contributed by atoms with Gasteiger partial charge in [-0.15, -0.1) is 0 Å². The second-order valence-electron chi connectivity index (χ2n) is 5.60. The average Bonchev–Trinajstić information content (AvgIpc) is 3.08. The van der Waals surface area contributed by atoms with E-state index in [0.717, 1.165) is 5.82 Å². The van der Waals surface area contributed by atoms with E-state index in [1.807, 2.05) is 13.0 Å². The fourth-order valence-electron chi connectivity index (χ4n) is 2.39. The smallest absolute Gasteiger partial charge is 0.265 e. The molecule has 1 atom stereocenters. The van der Waals surface area contributed by atoms with Gasteiger partial charge < -0.3 is 10.1 Å². The van der Waals surface area contributed by atoms with Crippen LogP contribution in [0.5, 0.6) is 5.75 Å². The number of ether oxygens (including phenoxy) is 1. The Morgan fingerprint density at radius 3 is 2.65 bits per heavy atom. The number of hydrogen-bond donors (Lipinski definition) is 1. The van der Waals surface area contributed by atoms with Crippen LogP contribution in [0, 0.1) is 18.3 Å². The Hall–Kier alpha value is -3.66. The van der Waals surface area contributed by atoms with Crippen molar-refractivity contribution in [2.24, 2.45) is 0 Å². The molecule has 0 aliphatic heterocycles. The predicted octanol–water partition coefficient (Wildman–Crippen LogP) is 2.85. The predicted molar refractivity (Wildman–Crippen MR) is 96.0 cm³/mol. The van der Waals surface area contributed by atoms with Gasteiger partial charge in [-0.05, 0) is 50.2 Å². The van der Waals surface area contributed by atoms with Crippen LogP contribution in [0.4, 0.5) is 5.69 Å². The minimum Gasteiger partial charge on any atom is -0.481 e. The number of amides is 1. The summed E-state index contributed by atoms with van der Waals surface area (Å²) in [6.07, 6.45) is 4.39. The first-order valence-corrected chi connectivity index (χ1v) is 8.01. The van der Waals surface area contributed by atoms with Crippen LogP contribution in [0.2, 0.25) is 0 Å². The van der Waals surface area contributed by atoms with Gasteiger partial charge in [-0.2, -0.15) is 5.26 Å². The van der Waals surface area contributed by atoms with Crippen molar-refractivity contribution in [1.29, 1.82) is 5.26 Å².